The van der Waals surface area contributed by atoms with E-state index < -0.39 is 0 Å². The van der Waals surface area contributed by atoms with Crippen LogP contribution >= 0.6 is 0 Å². The van der Waals surface area contributed by atoms with E-state index in [2.05, 4.69) is 37.8 Å². The van der Waals surface area contributed by atoms with Gasteiger partial charge < -0.3 is 9.47 Å². The SMILES string of the molecule is C=C[C@H]1CC[C@H](OCc2ccccc2)[C@@H](CCCCC)O1. The lowest BCUT2D eigenvalue weighted by Gasteiger charge is -2.35. The standard InChI is InChI=1S/C19H28O2/c1-3-5-7-12-19-18(14-13-17(4-2)21-19)20-15-16-10-8-6-9-11-16/h4,6,8-11,17-19H,2-3,5,7,12-15H2,1H3/t17-,18-,19+/m0/s1. The van der Waals surface area contributed by atoms with Gasteiger partial charge in [0.15, 0.2) is 0 Å². The van der Waals surface area contributed by atoms with E-state index in [0.29, 0.717) is 6.61 Å². The summed E-state index contributed by atoms with van der Waals surface area (Å²) in [4.78, 5) is 0. The third-order valence-electron chi connectivity index (χ3n) is 4.16. The third-order valence-corrected chi connectivity index (χ3v) is 4.16. The Morgan fingerprint density at radius 1 is 1.24 bits per heavy atom. The lowest BCUT2D eigenvalue weighted by atomic mass is 9.96. The van der Waals surface area contributed by atoms with Gasteiger partial charge in [0, 0.05) is 0 Å². The van der Waals surface area contributed by atoms with Gasteiger partial charge in [0.2, 0.25) is 0 Å². The predicted molar refractivity (Wildman–Crippen MR) is 87.3 cm³/mol. The molecule has 0 amide bonds. The lowest BCUT2D eigenvalue weighted by Crippen LogP contribution is -2.39. The summed E-state index contributed by atoms with van der Waals surface area (Å²) in [7, 11) is 0. The fourth-order valence-corrected chi connectivity index (χ4v) is 2.89. The Kier molecular flexibility index (Phi) is 6.98. The molecule has 1 aromatic carbocycles. The van der Waals surface area contributed by atoms with E-state index in [0.717, 1.165) is 19.3 Å². The summed E-state index contributed by atoms with van der Waals surface area (Å²) >= 11 is 0. The van der Waals surface area contributed by atoms with E-state index in [4.69, 9.17) is 9.47 Å². The minimum atomic E-state index is 0.202. The summed E-state index contributed by atoms with van der Waals surface area (Å²) in [5, 5.41) is 0. The Bertz CT molecular complexity index is 401. The average molecular weight is 288 g/mol. The predicted octanol–water partition coefficient (Wildman–Crippen LogP) is 4.89. The molecule has 21 heavy (non-hydrogen) atoms. The molecule has 0 spiro atoms. The summed E-state index contributed by atoms with van der Waals surface area (Å²) in [6, 6.07) is 10.4. The second-order valence-electron chi connectivity index (χ2n) is 5.86. The van der Waals surface area contributed by atoms with E-state index in [1.54, 1.807) is 0 Å². The van der Waals surface area contributed by atoms with Gasteiger partial charge in [0.05, 0.1) is 24.9 Å². The molecule has 116 valence electrons. The smallest absolute Gasteiger partial charge is 0.0844 e. The van der Waals surface area contributed by atoms with Crippen LogP contribution in [0.3, 0.4) is 0 Å². The van der Waals surface area contributed by atoms with E-state index in [-0.39, 0.29) is 18.3 Å². The maximum Gasteiger partial charge on any atom is 0.0844 e. The van der Waals surface area contributed by atoms with Crippen molar-refractivity contribution in [1.29, 1.82) is 0 Å². The van der Waals surface area contributed by atoms with Gasteiger partial charge in [-0.15, -0.1) is 6.58 Å². The highest BCUT2D eigenvalue weighted by Gasteiger charge is 2.30. The van der Waals surface area contributed by atoms with Crippen molar-refractivity contribution in [1.82, 2.24) is 0 Å². The number of hydrogen-bond acceptors (Lipinski definition) is 2. The molecule has 1 saturated heterocycles. The van der Waals surface area contributed by atoms with Gasteiger partial charge in [-0.05, 0) is 24.8 Å². The molecule has 1 heterocycles. The van der Waals surface area contributed by atoms with E-state index in [1.165, 1.54) is 24.8 Å². The van der Waals surface area contributed by atoms with Crippen molar-refractivity contribution >= 4 is 0 Å². The van der Waals surface area contributed by atoms with Gasteiger partial charge in [0.25, 0.3) is 0 Å². The topological polar surface area (TPSA) is 18.5 Å². The zero-order valence-electron chi connectivity index (χ0n) is 13.2. The molecule has 3 atom stereocenters. The van der Waals surface area contributed by atoms with Crippen LogP contribution in [0.25, 0.3) is 0 Å². The molecule has 2 nitrogen and oxygen atoms in total. The molecule has 2 heteroatoms. The van der Waals surface area contributed by atoms with Crippen LogP contribution in [0.2, 0.25) is 0 Å². The molecule has 1 aliphatic heterocycles. The van der Waals surface area contributed by atoms with Crippen molar-refractivity contribution in [3.8, 4) is 0 Å². The Balaban J connectivity index is 1.86. The number of unbranched alkanes of at least 4 members (excludes halogenated alkanes) is 2. The van der Waals surface area contributed by atoms with Crippen molar-refractivity contribution in [3.05, 3.63) is 48.6 Å². The highest BCUT2D eigenvalue weighted by Crippen LogP contribution is 2.27. The molecular formula is C19H28O2. The summed E-state index contributed by atoms with van der Waals surface area (Å²) in [5.41, 5.74) is 1.23. The van der Waals surface area contributed by atoms with Gasteiger partial charge in [-0.2, -0.15) is 0 Å². The molecule has 0 aliphatic carbocycles. The van der Waals surface area contributed by atoms with Crippen LogP contribution in [-0.2, 0) is 16.1 Å². The van der Waals surface area contributed by atoms with Crippen molar-refractivity contribution in [2.45, 2.75) is 70.4 Å². The van der Waals surface area contributed by atoms with Gasteiger partial charge >= 0.3 is 0 Å². The first-order valence-electron chi connectivity index (χ1n) is 8.27. The highest BCUT2D eigenvalue weighted by atomic mass is 16.5. The number of benzene rings is 1. The first-order chi connectivity index (χ1) is 10.3. The molecule has 0 aromatic heterocycles. The van der Waals surface area contributed by atoms with Crippen LogP contribution in [0.4, 0.5) is 0 Å². The first kappa shape index (κ1) is 16.3. The van der Waals surface area contributed by atoms with Crippen molar-refractivity contribution in [2.24, 2.45) is 0 Å². The summed E-state index contributed by atoms with van der Waals surface area (Å²) in [6.07, 6.45) is 9.49. The molecule has 0 N–H and O–H groups in total. The number of hydrogen-bond donors (Lipinski definition) is 0. The van der Waals surface area contributed by atoms with Crippen LogP contribution < -0.4 is 0 Å². The number of rotatable bonds is 8. The van der Waals surface area contributed by atoms with Crippen LogP contribution in [0.1, 0.15) is 51.0 Å². The normalized spacial score (nSPS) is 25.7. The van der Waals surface area contributed by atoms with Gasteiger partial charge in [-0.25, -0.2) is 0 Å². The van der Waals surface area contributed by atoms with Crippen molar-refractivity contribution in [3.63, 3.8) is 0 Å². The van der Waals surface area contributed by atoms with Gasteiger partial charge in [-0.3, -0.25) is 0 Å². The number of ether oxygens (including phenoxy) is 2. The maximum absolute atomic E-state index is 6.15. The van der Waals surface area contributed by atoms with Gasteiger partial charge in [0.1, 0.15) is 0 Å². The molecule has 2 rings (SSSR count). The molecule has 0 unspecified atom stereocenters. The molecule has 1 aromatic rings. The summed E-state index contributed by atoms with van der Waals surface area (Å²) in [5.74, 6) is 0. The fraction of sp³-hybridized carbons (Fsp3) is 0.579. The Morgan fingerprint density at radius 3 is 2.76 bits per heavy atom. The van der Waals surface area contributed by atoms with Crippen LogP contribution in [0.15, 0.2) is 43.0 Å². The Hall–Kier alpha value is -1.12. The molecule has 0 bridgehead atoms. The summed E-state index contributed by atoms with van der Waals surface area (Å²) < 4.78 is 12.3. The third kappa shape index (κ3) is 5.29. The monoisotopic (exact) mass is 288 g/mol. The zero-order valence-corrected chi connectivity index (χ0v) is 13.2. The van der Waals surface area contributed by atoms with Crippen LogP contribution in [0.5, 0.6) is 0 Å². The van der Waals surface area contributed by atoms with Gasteiger partial charge in [-0.1, -0.05) is 62.6 Å². The molecule has 0 saturated carbocycles. The molecule has 1 fully saturated rings. The molecular weight excluding hydrogens is 260 g/mol. The minimum absolute atomic E-state index is 0.202. The zero-order chi connectivity index (χ0) is 14.9. The lowest BCUT2D eigenvalue weighted by molar-refractivity contribution is -0.134. The molecule has 1 aliphatic rings. The van der Waals surface area contributed by atoms with Crippen molar-refractivity contribution in [2.75, 3.05) is 0 Å². The Morgan fingerprint density at radius 2 is 2.05 bits per heavy atom. The summed E-state index contributed by atoms with van der Waals surface area (Å²) in [6.45, 7) is 6.78. The quantitative estimate of drug-likeness (QED) is 0.501. The second kappa shape index (κ2) is 9.01. The van der Waals surface area contributed by atoms with Crippen LogP contribution in [-0.4, -0.2) is 18.3 Å². The van der Waals surface area contributed by atoms with E-state index >= 15 is 0 Å². The minimum Gasteiger partial charge on any atom is -0.371 e. The van der Waals surface area contributed by atoms with E-state index in [1.807, 2.05) is 12.1 Å². The largest absolute Gasteiger partial charge is 0.371 e. The second-order valence-corrected chi connectivity index (χ2v) is 5.86. The van der Waals surface area contributed by atoms with Crippen LogP contribution in [0, 0.1) is 0 Å². The van der Waals surface area contributed by atoms with Crippen molar-refractivity contribution < 1.29 is 9.47 Å². The Labute approximate surface area is 129 Å². The maximum atomic E-state index is 6.15. The highest BCUT2D eigenvalue weighted by molar-refractivity contribution is 5.13. The average Bonchev–Trinajstić information content (AvgIpc) is 2.54. The first-order valence-corrected chi connectivity index (χ1v) is 8.27. The molecule has 0 radical (unpaired) electrons. The fourth-order valence-electron chi connectivity index (χ4n) is 2.89. The van der Waals surface area contributed by atoms with E-state index in [9.17, 15) is 0 Å².